The van der Waals surface area contributed by atoms with Crippen molar-refractivity contribution in [3.05, 3.63) is 60.4 Å². The van der Waals surface area contributed by atoms with Crippen molar-refractivity contribution in [3.63, 3.8) is 0 Å². The summed E-state index contributed by atoms with van der Waals surface area (Å²) in [6, 6.07) is 1.44. The number of fused-ring (bicyclic) bond motifs is 2. The fraction of sp³-hybridized carbons (Fsp3) is 0.593. The van der Waals surface area contributed by atoms with Gasteiger partial charge in [0.15, 0.2) is 11.8 Å². The van der Waals surface area contributed by atoms with E-state index in [0.29, 0.717) is 0 Å². The molecule has 2 fully saturated rings. The van der Waals surface area contributed by atoms with Crippen LogP contribution in [-0.2, 0) is 0 Å². The molecular formula is C27H39N2+. The molecule has 0 radical (unpaired) electrons. The van der Waals surface area contributed by atoms with Crippen LogP contribution in [0.5, 0.6) is 0 Å². The molecule has 156 valence electrons. The van der Waals surface area contributed by atoms with Crippen LogP contribution >= 0.6 is 0 Å². The number of rotatable bonds is 5. The van der Waals surface area contributed by atoms with Crippen LogP contribution < -0.4 is 0 Å². The van der Waals surface area contributed by atoms with E-state index in [1.54, 1.807) is 0 Å². The van der Waals surface area contributed by atoms with E-state index in [-0.39, 0.29) is 0 Å². The minimum Gasteiger partial charge on any atom is -0.368 e. The van der Waals surface area contributed by atoms with Crippen molar-refractivity contribution in [2.24, 2.45) is 11.8 Å². The van der Waals surface area contributed by atoms with Crippen molar-refractivity contribution in [1.29, 1.82) is 0 Å². The van der Waals surface area contributed by atoms with Gasteiger partial charge in [-0.15, -0.1) is 0 Å². The maximum Gasteiger partial charge on any atom is 0.199 e. The molecule has 0 aromatic heterocycles. The Bertz CT molecular complexity index is 748. The Balaban J connectivity index is 1.43. The summed E-state index contributed by atoms with van der Waals surface area (Å²) in [5, 5.41) is 0. The molecule has 4 rings (SSSR count). The Morgan fingerprint density at radius 3 is 2.48 bits per heavy atom. The summed E-state index contributed by atoms with van der Waals surface area (Å²) < 4.78 is 2.62. The van der Waals surface area contributed by atoms with E-state index < -0.39 is 0 Å². The van der Waals surface area contributed by atoms with E-state index in [4.69, 9.17) is 0 Å². The van der Waals surface area contributed by atoms with Crippen molar-refractivity contribution in [2.75, 3.05) is 13.1 Å². The minimum absolute atomic E-state index is 0.721. The predicted molar refractivity (Wildman–Crippen MR) is 124 cm³/mol. The normalized spacial score (nSPS) is 33.7. The smallest absolute Gasteiger partial charge is 0.199 e. The molecule has 0 amide bonds. The van der Waals surface area contributed by atoms with Crippen molar-refractivity contribution in [3.8, 4) is 0 Å². The molecule has 4 aliphatic rings. The zero-order chi connectivity index (χ0) is 20.1. The summed E-state index contributed by atoms with van der Waals surface area (Å²) in [6.45, 7) is 6.81. The van der Waals surface area contributed by atoms with Crippen LogP contribution in [0.1, 0.15) is 65.2 Å². The topological polar surface area (TPSA) is 6.25 Å². The maximum absolute atomic E-state index is 2.62. The number of allylic oxidation sites excluding steroid dienone is 7. The molecule has 0 saturated heterocycles. The van der Waals surface area contributed by atoms with Crippen LogP contribution in [0.15, 0.2) is 60.4 Å². The highest BCUT2D eigenvalue weighted by Gasteiger charge is 2.35. The standard InChI is InChI=1S/C27H39N2/c1-3-28-24(20-18-22-12-8-10-16-26(22)28)14-6-5-7-15-25-21-19-23-13-9-11-17-27(23)29(25)4-2/h5-7,14-15,18-23,26-27H,3-4,8-13,16-17H2,1-2H3/q+1. The van der Waals surface area contributed by atoms with E-state index >= 15 is 0 Å². The Morgan fingerprint density at radius 2 is 1.66 bits per heavy atom. The van der Waals surface area contributed by atoms with E-state index in [0.717, 1.165) is 37.0 Å². The molecule has 2 aliphatic heterocycles. The number of likely N-dealkylation sites (N-methyl/N-ethyl adjacent to an activating group) is 1. The number of hydrogen-bond acceptors (Lipinski definition) is 1. The largest absolute Gasteiger partial charge is 0.368 e. The summed E-state index contributed by atoms with van der Waals surface area (Å²) in [6.07, 6.45) is 31.9. The van der Waals surface area contributed by atoms with Gasteiger partial charge in [0.25, 0.3) is 0 Å². The quantitative estimate of drug-likeness (QED) is 0.409. The van der Waals surface area contributed by atoms with Crippen molar-refractivity contribution >= 4 is 5.71 Å². The van der Waals surface area contributed by atoms with Crippen LogP contribution in [0.4, 0.5) is 0 Å². The first-order valence-corrected chi connectivity index (χ1v) is 12.1. The van der Waals surface area contributed by atoms with Crippen molar-refractivity contribution < 1.29 is 4.58 Å². The molecular weight excluding hydrogens is 352 g/mol. The average molecular weight is 392 g/mol. The summed E-state index contributed by atoms with van der Waals surface area (Å²) in [5.74, 6) is 1.53. The summed E-state index contributed by atoms with van der Waals surface area (Å²) in [4.78, 5) is 2.62. The van der Waals surface area contributed by atoms with Crippen LogP contribution in [-0.4, -0.2) is 40.4 Å². The monoisotopic (exact) mass is 391 g/mol. The van der Waals surface area contributed by atoms with Gasteiger partial charge in [0, 0.05) is 42.8 Å². The van der Waals surface area contributed by atoms with E-state index in [1.807, 2.05) is 0 Å². The van der Waals surface area contributed by atoms with Crippen LogP contribution in [0, 0.1) is 11.8 Å². The molecule has 0 spiro atoms. The Hall–Kier alpha value is -1.83. The molecule has 0 aromatic carbocycles. The van der Waals surface area contributed by atoms with Gasteiger partial charge in [0.05, 0.1) is 0 Å². The summed E-state index contributed by atoms with van der Waals surface area (Å²) in [7, 11) is 0. The lowest BCUT2D eigenvalue weighted by atomic mass is 9.81. The van der Waals surface area contributed by atoms with E-state index in [9.17, 15) is 0 Å². The predicted octanol–water partition coefficient (Wildman–Crippen LogP) is 6.04. The fourth-order valence-corrected chi connectivity index (χ4v) is 6.03. The molecule has 0 bridgehead atoms. The van der Waals surface area contributed by atoms with E-state index in [1.165, 1.54) is 62.8 Å². The summed E-state index contributed by atoms with van der Waals surface area (Å²) >= 11 is 0. The SMILES string of the molecule is CCN1/C(=C/C=C/C=C/C2=[N+](CC)C3CCCCC3C=C2)C=CC2CCCCC21. The third-order valence-electron chi connectivity index (χ3n) is 7.49. The average Bonchev–Trinajstić information content (AvgIpc) is 2.78. The third-order valence-corrected chi connectivity index (χ3v) is 7.49. The molecule has 2 aliphatic carbocycles. The Morgan fingerprint density at radius 1 is 0.897 bits per heavy atom. The van der Waals surface area contributed by atoms with Gasteiger partial charge >= 0.3 is 0 Å². The van der Waals surface area contributed by atoms with Gasteiger partial charge in [-0.25, -0.2) is 4.58 Å². The molecule has 0 aromatic rings. The molecule has 2 heterocycles. The molecule has 2 heteroatoms. The lowest BCUT2D eigenvalue weighted by molar-refractivity contribution is -0.572. The maximum atomic E-state index is 2.62. The minimum atomic E-state index is 0.721. The van der Waals surface area contributed by atoms with Gasteiger partial charge in [0.2, 0.25) is 0 Å². The van der Waals surface area contributed by atoms with Crippen molar-refractivity contribution in [1.82, 2.24) is 4.90 Å². The molecule has 29 heavy (non-hydrogen) atoms. The van der Waals surface area contributed by atoms with Gasteiger partial charge in [0.1, 0.15) is 6.54 Å². The second-order valence-electron chi connectivity index (χ2n) is 9.08. The number of hydrogen-bond donors (Lipinski definition) is 0. The molecule has 2 saturated carbocycles. The second-order valence-corrected chi connectivity index (χ2v) is 9.08. The van der Waals surface area contributed by atoms with Gasteiger partial charge in [-0.1, -0.05) is 49.6 Å². The van der Waals surface area contributed by atoms with Gasteiger partial charge in [-0.2, -0.15) is 0 Å². The van der Waals surface area contributed by atoms with Gasteiger partial charge < -0.3 is 4.90 Å². The second kappa shape index (κ2) is 9.78. The molecule has 0 N–H and O–H groups in total. The molecule has 4 atom stereocenters. The number of nitrogens with zero attached hydrogens (tertiary/aromatic N) is 2. The Kier molecular flexibility index (Phi) is 6.90. The first-order chi connectivity index (χ1) is 14.3. The molecule has 2 nitrogen and oxygen atoms in total. The van der Waals surface area contributed by atoms with Crippen LogP contribution in [0.25, 0.3) is 0 Å². The highest BCUT2D eigenvalue weighted by atomic mass is 15.2. The zero-order valence-electron chi connectivity index (χ0n) is 18.5. The lowest BCUT2D eigenvalue weighted by Gasteiger charge is -2.43. The fourth-order valence-electron chi connectivity index (χ4n) is 6.03. The van der Waals surface area contributed by atoms with Crippen molar-refractivity contribution in [2.45, 2.75) is 77.3 Å². The highest BCUT2D eigenvalue weighted by molar-refractivity contribution is 6.00. The van der Waals surface area contributed by atoms with E-state index in [2.05, 4.69) is 78.0 Å². The van der Waals surface area contributed by atoms with Crippen LogP contribution in [0.3, 0.4) is 0 Å². The third kappa shape index (κ3) is 4.52. The summed E-state index contributed by atoms with van der Waals surface area (Å²) in [5.41, 5.74) is 2.76. The molecule has 4 unspecified atom stereocenters. The first-order valence-electron chi connectivity index (χ1n) is 12.1. The zero-order valence-corrected chi connectivity index (χ0v) is 18.5. The Labute approximate surface area is 178 Å². The lowest BCUT2D eigenvalue weighted by Crippen LogP contribution is -2.43. The first kappa shape index (κ1) is 20.4. The van der Waals surface area contributed by atoms with Crippen LogP contribution in [0.2, 0.25) is 0 Å². The highest BCUT2D eigenvalue weighted by Crippen LogP contribution is 2.35. The van der Waals surface area contributed by atoms with Gasteiger partial charge in [-0.3, -0.25) is 0 Å². The van der Waals surface area contributed by atoms with Gasteiger partial charge in [-0.05, 0) is 57.6 Å².